The molecule has 0 spiro atoms. The van der Waals surface area contributed by atoms with Crippen molar-refractivity contribution in [2.75, 3.05) is 20.3 Å². The molecule has 2 aliphatic rings. The molecule has 2 atom stereocenters. The first kappa shape index (κ1) is 17.5. The predicted molar refractivity (Wildman–Crippen MR) is 97.0 cm³/mol. The second kappa shape index (κ2) is 7.00. The molecule has 2 aromatic rings. The van der Waals surface area contributed by atoms with Gasteiger partial charge in [0.2, 0.25) is 0 Å². The van der Waals surface area contributed by atoms with Crippen LogP contribution >= 0.6 is 0 Å². The fraction of sp³-hybridized carbons (Fsp3) is 0.474. The number of hydrogen-bond donors (Lipinski definition) is 0. The summed E-state index contributed by atoms with van der Waals surface area (Å²) in [4.78, 5) is 21.1. The number of carbonyl (C=O) groups excluding carboxylic acids is 1. The number of nitriles is 1. The Morgan fingerprint density at radius 1 is 1.41 bits per heavy atom. The molecule has 1 saturated heterocycles. The first-order chi connectivity index (χ1) is 13.1. The van der Waals surface area contributed by atoms with Gasteiger partial charge in [-0.3, -0.25) is 4.79 Å². The summed E-state index contributed by atoms with van der Waals surface area (Å²) < 4.78 is 6.92. The van der Waals surface area contributed by atoms with Crippen LogP contribution < -0.4 is 0 Å². The van der Waals surface area contributed by atoms with Crippen molar-refractivity contribution in [3.63, 3.8) is 0 Å². The lowest BCUT2D eigenvalue weighted by atomic mass is 10.1. The summed E-state index contributed by atoms with van der Waals surface area (Å²) in [6.07, 6.45) is 7.59. The molecule has 2 aliphatic heterocycles. The normalized spacial score (nSPS) is 21.6. The van der Waals surface area contributed by atoms with Crippen LogP contribution in [-0.2, 0) is 17.7 Å². The maximum Gasteiger partial charge on any atom is 0.273 e. The molecule has 8 heteroatoms. The van der Waals surface area contributed by atoms with Crippen LogP contribution in [0.2, 0.25) is 0 Å². The lowest BCUT2D eigenvalue weighted by Gasteiger charge is -2.22. The summed E-state index contributed by atoms with van der Waals surface area (Å²) in [5.41, 5.74) is 2.53. The summed E-state index contributed by atoms with van der Waals surface area (Å²) in [6.45, 7) is 3.63. The van der Waals surface area contributed by atoms with E-state index in [1.165, 1.54) is 0 Å². The number of amides is 1. The van der Waals surface area contributed by atoms with Gasteiger partial charge in [-0.1, -0.05) is 13.0 Å². The molecule has 0 radical (unpaired) electrons. The minimum absolute atomic E-state index is 0.00801. The number of likely N-dealkylation sites (tertiary alicyclic amines) is 1. The average Bonchev–Trinajstić information content (AvgIpc) is 3.39. The van der Waals surface area contributed by atoms with Gasteiger partial charge in [-0.05, 0) is 24.5 Å². The Balaban J connectivity index is 1.55. The molecule has 0 unspecified atom stereocenters. The van der Waals surface area contributed by atoms with Crippen LogP contribution in [0.1, 0.15) is 35.0 Å². The maximum absolute atomic E-state index is 13.0. The molecule has 27 heavy (non-hydrogen) atoms. The number of hydrogen-bond acceptors (Lipinski definition) is 6. The lowest BCUT2D eigenvalue weighted by molar-refractivity contribution is 0.0705. The highest BCUT2D eigenvalue weighted by atomic mass is 16.5. The Morgan fingerprint density at radius 2 is 2.26 bits per heavy atom. The predicted octanol–water partition coefficient (Wildman–Crippen LogP) is 1.36. The highest BCUT2D eigenvalue weighted by Gasteiger charge is 2.41. The van der Waals surface area contributed by atoms with Crippen molar-refractivity contribution in [2.24, 2.45) is 0 Å². The molecule has 140 valence electrons. The molecule has 1 amide bonds. The van der Waals surface area contributed by atoms with Gasteiger partial charge in [0.1, 0.15) is 5.69 Å². The molecule has 4 rings (SSSR count). The van der Waals surface area contributed by atoms with Crippen molar-refractivity contribution < 1.29 is 9.53 Å². The Hall–Kier alpha value is -2.92. The number of aryl methyl sites for hydroxylation is 1. The van der Waals surface area contributed by atoms with Gasteiger partial charge in [-0.15, -0.1) is 0 Å². The zero-order valence-corrected chi connectivity index (χ0v) is 15.5. The zero-order chi connectivity index (χ0) is 19.0. The largest absolute Gasteiger partial charge is 0.383 e. The third kappa shape index (κ3) is 3.04. The molecular weight excluding hydrogens is 344 g/mol. The topological polar surface area (TPSA) is 87.3 Å². The quantitative estimate of drug-likeness (QED) is 0.743. The van der Waals surface area contributed by atoms with Gasteiger partial charge in [-0.25, -0.2) is 9.67 Å². The molecule has 2 aromatic heterocycles. The van der Waals surface area contributed by atoms with Gasteiger partial charge >= 0.3 is 0 Å². The zero-order valence-electron chi connectivity index (χ0n) is 15.5. The maximum atomic E-state index is 13.0. The molecule has 1 fully saturated rings. The van der Waals surface area contributed by atoms with Gasteiger partial charge in [0.15, 0.2) is 12.0 Å². The van der Waals surface area contributed by atoms with Gasteiger partial charge in [0.25, 0.3) is 5.91 Å². The summed E-state index contributed by atoms with van der Waals surface area (Å²) in [7, 11) is 1.63. The van der Waals surface area contributed by atoms with Gasteiger partial charge in [0.05, 0.1) is 24.9 Å². The van der Waals surface area contributed by atoms with E-state index in [0.717, 1.165) is 24.0 Å². The number of pyridine rings is 1. The number of ether oxygens (including phenoxy) is 1. The summed E-state index contributed by atoms with van der Waals surface area (Å²) in [5.74, 6) is 0.571. The van der Waals surface area contributed by atoms with E-state index in [1.807, 2.05) is 29.4 Å². The second-order valence-corrected chi connectivity index (χ2v) is 7.01. The van der Waals surface area contributed by atoms with E-state index in [9.17, 15) is 10.1 Å². The smallest absolute Gasteiger partial charge is 0.273 e. The first-order valence-electron chi connectivity index (χ1n) is 9.14. The van der Waals surface area contributed by atoms with E-state index in [2.05, 4.69) is 23.2 Å². The van der Waals surface area contributed by atoms with Gasteiger partial charge < -0.3 is 14.5 Å². The first-order valence-corrected chi connectivity index (χ1v) is 9.14. The van der Waals surface area contributed by atoms with Crippen molar-refractivity contribution in [3.8, 4) is 12.0 Å². The van der Waals surface area contributed by atoms with E-state index >= 15 is 0 Å². The van der Waals surface area contributed by atoms with Crippen molar-refractivity contribution in [1.29, 1.82) is 5.26 Å². The highest BCUT2D eigenvalue weighted by Crippen LogP contribution is 2.30. The fourth-order valence-corrected chi connectivity index (χ4v) is 3.86. The van der Waals surface area contributed by atoms with Crippen LogP contribution in [0.25, 0.3) is 5.82 Å². The van der Waals surface area contributed by atoms with E-state index in [4.69, 9.17) is 4.74 Å². The highest BCUT2D eigenvalue weighted by molar-refractivity contribution is 5.96. The average molecular weight is 366 g/mol. The van der Waals surface area contributed by atoms with E-state index < -0.39 is 0 Å². The number of rotatable bonds is 5. The number of methoxy groups -OCH3 is 1. The van der Waals surface area contributed by atoms with Crippen LogP contribution in [0.4, 0.5) is 0 Å². The van der Waals surface area contributed by atoms with Gasteiger partial charge in [-0.2, -0.15) is 10.4 Å². The molecular formula is C19H22N6O2. The van der Waals surface area contributed by atoms with E-state index in [1.54, 1.807) is 16.7 Å². The number of fused-ring (bicyclic) bond motifs is 1. The molecule has 8 nitrogen and oxygen atoms in total. The Bertz CT molecular complexity index is 902. The Morgan fingerprint density at radius 3 is 2.96 bits per heavy atom. The number of aromatic nitrogens is 3. The summed E-state index contributed by atoms with van der Waals surface area (Å²) >= 11 is 0. The Labute approximate surface area is 158 Å². The molecule has 0 saturated carbocycles. The molecule has 0 aliphatic carbocycles. The number of carbonyl (C=O) groups is 1. The van der Waals surface area contributed by atoms with Crippen LogP contribution in [-0.4, -0.2) is 62.8 Å². The van der Waals surface area contributed by atoms with Crippen LogP contribution in [0.3, 0.4) is 0 Å². The SMILES string of the molecule is CCc1cnn(-c2ccc3c(n2)C(=O)N([C@@H]2C[C@@H](COC)N(C#N)C2)C3)c1. The minimum atomic E-state index is -0.0734. The van der Waals surface area contributed by atoms with E-state index in [-0.39, 0.29) is 18.0 Å². The molecule has 4 heterocycles. The van der Waals surface area contributed by atoms with Crippen LogP contribution in [0, 0.1) is 11.5 Å². The van der Waals surface area contributed by atoms with Crippen molar-refractivity contribution >= 4 is 5.91 Å². The molecule has 0 aromatic carbocycles. The summed E-state index contributed by atoms with van der Waals surface area (Å²) in [6, 6.07) is 3.85. The standard InChI is InChI=1S/C19H22N6O2/c1-3-13-7-21-25(8-13)17-5-4-14-9-24(19(26)18(14)22-17)15-6-16(11-27-2)23(10-15)12-20/h4-5,7-8,15-16H,3,6,9-11H2,1-2H3/t15-,16+/m1/s1. The minimum Gasteiger partial charge on any atom is -0.383 e. The van der Waals surface area contributed by atoms with Crippen molar-refractivity contribution in [3.05, 3.63) is 41.3 Å². The van der Waals surface area contributed by atoms with Crippen molar-refractivity contribution in [1.82, 2.24) is 24.6 Å². The molecule has 0 bridgehead atoms. The van der Waals surface area contributed by atoms with Crippen LogP contribution in [0.15, 0.2) is 24.5 Å². The van der Waals surface area contributed by atoms with E-state index in [0.29, 0.717) is 31.2 Å². The third-order valence-electron chi connectivity index (χ3n) is 5.37. The second-order valence-electron chi connectivity index (χ2n) is 7.01. The third-order valence-corrected chi connectivity index (χ3v) is 5.37. The lowest BCUT2D eigenvalue weighted by Crippen LogP contribution is -2.37. The number of nitrogens with zero attached hydrogens (tertiary/aromatic N) is 6. The summed E-state index contributed by atoms with van der Waals surface area (Å²) in [5, 5.41) is 13.7. The van der Waals surface area contributed by atoms with Crippen LogP contribution in [0.5, 0.6) is 0 Å². The molecule has 0 N–H and O–H groups in total. The van der Waals surface area contributed by atoms with Gasteiger partial charge in [0, 0.05) is 32.0 Å². The Kier molecular flexibility index (Phi) is 4.54. The monoisotopic (exact) mass is 366 g/mol. The van der Waals surface area contributed by atoms with Crippen molar-refractivity contribution in [2.45, 2.75) is 38.4 Å². The fourth-order valence-electron chi connectivity index (χ4n) is 3.86.